The Morgan fingerprint density at radius 3 is 2.23 bits per heavy atom. The van der Waals surface area contributed by atoms with Crippen molar-refractivity contribution in [3.05, 3.63) is 30.3 Å². The van der Waals surface area contributed by atoms with E-state index < -0.39 is 18.4 Å². The Labute approximate surface area is 140 Å². The van der Waals surface area contributed by atoms with E-state index in [0.717, 1.165) is 6.61 Å². The van der Waals surface area contributed by atoms with Crippen molar-refractivity contribution in [2.75, 3.05) is 13.4 Å². The van der Waals surface area contributed by atoms with E-state index in [4.69, 9.17) is 9.47 Å². The van der Waals surface area contributed by atoms with Gasteiger partial charge in [-0.15, -0.1) is 0 Å². The fraction of sp³-hybridized carbons (Fsp3) is 0.684. The third-order valence-corrected chi connectivity index (χ3v) is 20.5. The van der Waals surface area contributed by atoms with E-state index in [1.54, 1.807) is 3.58 Å². The molecule has 0 aromatic heterocycles. The second-order valence-corrected chi connectivity index (χ2v) is 19.9. The summed E-state index contributed by atoms with van der Waals surface area (Å²) in [6, 6.07) is 11.5. The SMILES string of the molecule is CCC[CH2][Sn]([CH2]CCC)([CH2]CC1COCO1)[c]1ccccc1. The van der Waals surface area contributed by atoms with Gasteiger partial charge in [-0.3, -0.25) is 0 Å². The minimum absolute atomic E-state index is 0.350. The van der Waals surface area contributed by atoms with E-state index in [1.807, 2.05) is 0 Å². The molecule has 2 nitrogen and oxygen atoms in total. The zero-order chi connectivity index (χ0) is 15.7. The molecule has 1 aromatic rings. The molecule has 0 bridgehead atoms. The summed E-state index contributed by atoms with van der Waals surface area (Å²) in [6.07, 6.45) is 7.00. The summed E-state index contributed by atoms with van der Waals surface area (Å²) >= 11 is -2.31. The molecule has 1 heterocycles. The third-order valence-electron chi connectivity index (χ3n) is 5.04. The van der Waals surface area contributed by atoms with Crippen molar-refractivity contribution >= 4 is 22.0 Å². The molecular formula is C19H32O2Sn. The molecule has 1 unspecified atom stereocenters. The van der Waals surface area contributed by atoms with Crippen molar-refractivity contribution in [3.63, 3.8) is 0 Å². The molecule has 1 fully saturated rings. The molecule has 124 valence electrons. The molecule has 0 radical (unpaired) electrons. The van der Waals surface area contributed by atoms with E-state index in [9.17, 15) is 0 Å². The first kappa shape index (κ1) is 18.3. The van der Waals surface area contributed by atoms with Gasteiger partial charge in [0.1, 0.15) is 0 Å². The monoisotopic (exact) mass is 412 g/mol. The summed E-state index contributed by atoms with van der Waals surface area (Å²) in [4.78, 5) is 0. The van der Waals surface area contributed by atoms with Crippen LogP contribution in [0.2, 0.25) is 13.3 Å². The van der Waals surface area contributed by atoms with Crippen molar-refractivity contribution in [1.82, 2.24) is 0 Å². The Morgan fingerprint density at radius 2 is 1.68 bits per heavy atom. The van der Waals surface area contributed by atoms with Crippen molar-refractivity contribution in [3.8, 4) is 0 Å². The molecular weight excluding hydrogens is 379 g/mol. The summed E-state index contributed by atoms with van der Waals surface area (Å²) < 4.78 is 17.3. The van der Waals surface area contributed by atoms with Crippen LogP contribution in [0.1, 0.15) is 46.0 Å². The molecule has 1 aliphatic rings. The molecule has 0 aliphatic carbocycles. The van der Waals surface area contributed by atoms with Crippen LogP contribution in [0.4, 0.5) is 0 Å². The second-order valence-electron chi connectivity index (χ2n) is 6.67. The Morgan fingerprint density at radius 1 is 1.00 bits per heavy atom. The summed E-state index contributed by atoms with van der Waals surface area (Å²) in [6.45, 7) is 5.96. The molecule has 1 atom stereocenters. The fourth-order valence-corrected chi connectivity index (χ4v) is 19.2. The van der Waals surface area contributed by atoms with Crippen molar-refractivity contribution in [2.24, 2.45) is 0 Å². The van der Waals surface area contributed by atoms with Crippen LogP contribution < -0.4 is 3.58 Å². The van der Waals surface area contributed by atoms with Crippen LogP contribution in [-0.4, -0.2) is 37.9 Å². The Kier molecular flexibility index (Phi) is 8.26. The fourth-order valence-electron chi connectivity index (χ4n) is 3.61. The summed E-state index contributed by atoms with van der Waals surface area (Å²) in [5.41, 5.74) is 0. The Balaban J connectivity index is 2.13. The van der Waals surface area contributed by atoms with Gasteiger partial charge < -0.3 is 0 Å². The quantitative estimate of drug-likeness (QED) is 0.520. The minimum atomic E-state index is -2.31. The van der Waals surface area contributed by atoms with Gasteiger partial charge in [-0.05, 0) is 0 Å². The molecule has 0 N–H and O–H groups in total. The van der Waals surface area contributed by atoms with Gasteiger partial charge in [0.2, 0.25) is 0 Å². The first-order valence-corrected chi connectivity index (χ1v) is 16.5. The van der Waals surface area contributed by atoms with Crippen LogP contribution in [0.5, 0.6) is 0 Å². The van der Waals surface area contributed by atoms with Crippen LogP contribution in [0.15, 0.2) is 30.3 Å². The molecule has 1 aromatic carbocycles. The Hall–Kier alpha value is -0.0613. The summed E-state index contributed by atoms with van der Waals surface area (Å²) in [5, 5.41) is 0. The molecule has 0 amide bonds. The van der Waals surface area contributed by atoms with Gasteiger partial charge in [-0.25, -0.2) is 0 Å². The van der Waals surface area contributed by atoms with E-state index in [1.165, 1.54) is 45.4 Å². The molecule has 3 heteroatoms. The molecule has 0 spiro atoms. The topological polar surface area (TPSA) is 18.5 Å². The van der Waals surface area contributed by atoms with E-state index in [-0.39, 0.29) is 0 Å². The molecule has 0 saturated carbocycles. The molecule has 2 rings (SSSR count). The van der Waals surface area contributed by atoms with Crippen LogP contribution in [0.25, 0.3) is 0 Å². The average molecular weight is 411 g/mol. The van der Waals surface area contributed by atoms with Crippen LogP contribution >= 0.6 is 0 Å². The van der Waals surface area contributed by atoms with Gasteiger partial charge in [0.15, 0.2) is 0 Å². The first-order valence-electron chi connectivity index (χ1n) is 9.05. The number of hydrogen-bond donors (Lipinski definition) is 0. The predicted molar refractivity (Wildman–Crippen MR) is 96.4 cm³/mol. The van der Waals surface area contributed by atoms with Gasteiger partial charge in [0.25, 0.3) is 0 Å². The predicted octanol–water partition coefficient (Wildman–Crippen LogP) is 4.71. The number of hydrogen-bond acceptors (Lipinski definition) is 2. The maximum atomic E-state index is 5.70. The van der Waals surface area contributed by atoms with Crippen LogP contribution in [-0.2, 0) is 9.47 Å². The van der Waals surface area contributed by atoms with Crippen molar-refractivity contribution in [2.45, 2.75) is 65.4 Å². The van der Waals surface area contributed by atoms with Crippen LogP contribution in [0.3, 0.4) is 0 Å². The zero-order valence-electron chi connectivity index (χ0n) is 14.4. The normalized spacial score (nSPS) is 18.7. The number of unbranched alkanes of at least 4 members (excludes halogenated alkanes) is 2. The molecule has 1 saturated heterocycles. The van der Waals surface area contributed by atoms with E-state index in [0.29, 0.717) is 12.9 Å². The van der Waals surface area contributed by atoms with E-state index >= 15 is 0 Å². The number of benzene rings is 1. The van der Waals surface area contributed by atoms with Crippen molar-refractivity contribution < 1.29 is 9.47 Å². The number of rotatable bonds is 10. The summed E-state index contributed by atoms with van der Waals surface area (Å²) in [7, 11) is 0. The van der Waals surface area contributed by atoms with Crippen molar-refractivity contribution in [1.29, 1.82) is 0 Å². The Bertz CT molecular complexity index is 393. The second kappa shape index (κ2) is 9.94. The summed E-state index contributed by atoms with van der Waals surface area (Å²) in [5.74, 6) is 0. The standard InChI is InChI=1S/C6H5.C5H9O2.2C4H9.Sn/c1-2-4-6-5-3-1;1-2-5-3-6-4-7-5;2*1-3-4-2;/h1-5H;5H,1-4H2;2*1,3-4H2,2H3;. The third kappa shape index (κ3) is 5.24. The van der Waals surface area contributed by atoms with Crippen LogP contribution in [0, 0.1) is 0 Å². The van der Waals surface area contributed by atoms with Gasteiger partial charge in [-0.2, -0.15) is 0 Å². The first-order chi connectivity index (χ1) is 10.8. The molecule has 1 aliphatic heterocycles. The molecule has 22 heavy (non-hydrogen) atoms. The maximum absolute atomic E-state index is 5.70. The average Bonchev–Trinajstić information content (AvgIpc) is 3.09. The number of ether oxygens (including phenoxy) is 2. The van der Waals surface area contributed by atoms with Gasteiger partial charge >= 0.3 is 141 Å². The van der Waals surface area contributed by atoms with Gasteiger partial charge in [0.05, 0.1) is 0 Å². The van der Waals surface area contributed by atoms with Gasteiger partial charge in [-0.1, -0.05) is 0 Å². The van der Waals surface area contributed by atoms with Gasteiger partial charge in [0, 0.05) is 0 Å². The zero-order valence-corrected chi connectivity index (χ0v) is 17.2. The van der Waals surface area contributed by atoms with E-state index in [2.05, 4.69) is 44.2 Å².